The van der Waals surface area contributed by atoms with Crippen LogP contribution in [-0.2, 0) is 6.42 Å². The van der Waals surface area contributed by atoms with Crippen molar-refractivity contribution >= 4 is 39.2 Å². The second-order valence-corrected chi connectivity index (χ2v) is 12.5. The molecule has 8 aromatic rings. The zero-order valence-corrected chi connectivity index (χ0v) is 26.5. The molecule has 1 heterocycles. The van der Waals surface area contributed by atoms with Gasteiger partial charge in [-0.3, -0.25) is 0 Å². The summed E-state index contributed by atoms with van der Waals surface area (Å²) in [5.41, 5.74) is 11.8. The molecular weight excluding hydrogens is 583 g/mol. The van der Waals surface area contributed by atoms with E-state index in [9.17, 15) is 0 Å². The Hall–Kier alpha value is -6.12. The second kappa shape index (κ2) is 11.9. The summed E-state index contributed by atoms with van der Waals surface area (Å²) < 4.78 is 6.66. The zero-order chi connectivity index (χ0) is 31.9. The number of nitrogens with zero attached hydrogens (tertiary/aromatic N) is 1. The van der Waals surface area contributed by atoms with E-state index in [4.69, 9.17) is 4.42 Å². The largest absolute Gasteiger partial charge is 0.456 e. The molecule has 48 heavy (non-hydrogen) atoms. The van der Waals surface area contributed by atoms with Gasteiger partial charge >= 0.3 is 0 Å². The van der Waals surface area contributed by atoms with Crippen LogP contribution in [0.5, 0.6) is 0 Å². The van der Waals surface area contributed by atoms with Crippen LogP contribution in [0.3, 0.4) is 0 Å². The maximum Gasteiger partial charge on any atom is 0.142 e. The highest BCUT2D eigenvalue weighted by Crippen LogP contribution is 2.42. The fourth-order valence-electron chi connectivity index (χ4n) is 7.26. The van der Waals surface area contributed by atoms with E-state index in [2.05, 4.69) is 187 Å². The molecule has 1 aliphatic carbocycles. The predicted molar refractivity (Wildman–Crippen MR) is 202 cm³/mol. The lowest BCUT2D eigenvalue weighted by atomic mass is 9.91. The van der Waals surface area contributed by atoms with Gasteiger partial charge in [-0.2, -0.15) is 0 Å². The van der Waals surface area contributed by atoms with Crippen molar-refractivity contribution < 1.29 is 4.42 Å². The molecule has 0 aliphatic heterocycles. The molecule has 9 rings (SSSR count). The van der Waals surface area contributed by atoms with Gasteiger partial charge in [0, 0.05) is 34.1 Å². The standard InChI is InChI=1S/C46H33NO/c1-4-12-32(13-5-1)34-20-24-37(25-21-34)47(38-26-22-35(23-27-38)33-14-6-2-7-15-33)39-28-29-45-43(30-39)44-31-42(36-16-8-3-9-17-36)40-18-10-11-19-41(40)46(44)48-45/h1-29,31,39H,30H2. The van der Waals surface area contributed by atoms with E-state index in [0.29, 0.717) is 0 Å². The first-order valence-electron chi connectivity index (χ1n) is 16.6. The molecule has 1 aliphatic rings. The maximum absolute atomic E-state index is 6.66. The highest BCUT2D eigenvalue weighted by atomic mass is 16.3. The van der Waals surface area contributed by atoms with Gasteiger partial charge in [-0.1, -0.05) is 146 Å². The van der Waals surface area contributed by atoms with E-state index in [1.165, 1.54) is 49.7 Å². The van der Waals surface area contributed by atoms with Crippen LogP contribution in [0.15, 0.2) is 180 Å². The quantitative estimate of drug-likeness (QED) is 0.185. The molecule has 1 atom stereocenters. The average molecular weight is 616 g/mol. The summed E-state index contributed by atoms with van der Waals surface area (Å²) in [5.74, 6) is 0.954. The summed E-state index contributed by atoms with van der Waals surface area (Å²) in [6.45, 7) is 0. The average Bonchev–Trinajstić information content (AvgIpc) is 3.54. The summed E-state index contributed by atoms with van der Waals surface area (Å²) >= 11 is 0. The van der Waals surface area contributed by atoms with Crippen molar-refractivity contribution in [2.75, 3.05) is 4.90 Å². The normalized spacial score (nSPS) is 13.9. The van der Waals surface area contributed by atoms with E-state index in [1.54, 1.807) is 0 Å². The van der Waals surface area contributed by atoms with Gasteiger partial charge in [0.25, 0.3) is 0 Å². The Bertz CT molecular complexity index is 2310. The maximum atomic E-state index is 6.66. The van der Waals surface area contributed by atoms with Gasteiger partial charge in [-0.25, -0.2) is 0 Å². The molecule has 0 amide bonds. The van der Waals surface area contributed by atoms with Gasteiger partial charge in [0.05, 0.1) is 6.04 Å². The van der Waals surface area contributed by atoms with Crippen LogP contribution in [-0.4, -0.2) is 6.04 Å². The summed E-state index contributed by atoms with van der Waals surface area (Å²) in [6.07, 6.45) is 5.32. The lowest BCUT2D eigenvalue weighted by Crippen LogP contribution is -2.32. The van der Waals surface area contributed by atoms with Crippen molar-refractivity contribution in [2.24, 2.45) is 0 Å². The molecule has 2 nitrogen and oxygen atoms in total. The number of fused-ring (bicyclic) bond motifs is 5. The third kappa shape index (κ3) is 4.99. The van der Waals surface area contributed by atoms with Crippen molar-refractivity contribution in [3.63, 3.8) is 0 Å². The van der Waals surface area contributed by atoms with Crippen LogP contribution in [0.4, 0.5) is 11.4 Å². The molecule has 7 aromatic carbocycles. The Labute approximate surface area is 280 Å². The number of hydrogen-bond acceptors (Lipinski definition) is 2. The Kier molecular flexibility index (Phi) is 6.98. The number of rotatable bonds is 6. The first-order valence-corrected chi connectivity index (χ1v) is 16.6. The smallest absolute Gasteiger partial charge is 0.142 e. The SMILES string of the molecule is C1=CC(N(c2ccc(-c3ccccc3)cc2)c2ccc(-c3ccccc3)cc2)Cc2c1oc1c2cc(-c2ccccc2)c2ccccc21. The number of hydrogen-bond donors (Lipinski definition) is 0. The number of furan rings is 1. The van der Waals surface area contributed by atoms with Crippen molar-refractivity contribution in [3.8, 4) is 33.4 Å². The van der Waals surface area contributed by atoms with Crippen LogP contribution in [0.2, 0.25) is 0 Å². The van der Waals surface area contributed by atoms with Crippen molar-refractivity contribution in [1.82, 2.24) is 0 Å². The molecule has 0 radical (unpaired) electrons. The van der Waals surface area contributed by atoms with E-state index >= 15 is 0 Å². The topological polar surface area (TPSA) is 16.4 Å². The van der Waals surface area contributed by atoms with E-state index in [0.717, 1.165) is 34.5 Å². The van der Waals surface area contributed by atoms with Gasteiger partial charge < -0.3 is 9.32 Å². The number of benzene rings is 7. The molecule has 0 saturated heterocycles. The Morgan fingerprint density at radius 2 is 0.938 bits per heavy atom. The fourth-order valence-corrected chi connectivity index (χ4v) is 7.26. The molecule has 0 saturated carbocycles. The van der Waals surface area contributed by atoms with Gasteiger partial charge in [-0.15, -0.1) is 0 Å². The highest BCUT2D eigenvalue weighted by Gasteiger charge is 2.27. The molecule has 2 heteroatoms. The lowest BCUT2D eigenvalue weighted by Gasteiger charge is -2.34. The molecule has 1 aromatic heterocycles. The first-order chi connectivity index (χ1) is 23.8. The molecule has 0 bridgehead atoms. The van der Waals surface area contributed by atoms with E-state index in [-0.39, 0.29) is 6.04 Å². The van der Waals surface area contributed by atoms with Gasteiger partial charge in [0.15, 0.2) is 0 Å². The predicted octanol–water partition coefficient (Wildman–Crippen LogP) is 12.4. The summed E-state index contributed by atoms with van der Waals surface area (Å²) in [5, 5.41) is 3.55. The fraction of sp³-hybridized carbons (Fsp3) is 0.0435. The minimum Gasteiger partial charge on any atom is -0.456 e. The number of anilines is 2. The summed E-state index contributed by atoms with van der Waals surface area (Å²) in [4.78, 5) is 2.47. The summed E-state index contributed by atoms with van der Waals surface area (Å²) in [6, 6.07) is 60.9. The molecule has 228 valence electrons. The highest BCUT2D eigenvalue weighted by molar-refractivity contribution is 6.13. The minimum absolute atomic E-state index is 0.0927. The lowest BCUT2D eigenvalue weighted by molar-refractivity contribution is 0.593. The Balaban J connectivity index is 1.15. The minimum atomic E-state index is 0.0927. The molecule has 0 spiro atoms. The molecule has 0 N–H and O–H groups in total. The Morgan fingerprint density at radius 1 is 0.458 bits per heavy atom. The molecule has 0 fully saturated rings. The molecule has 1 unspecified atom stereocenters. The second-order valence-electron chi connectivity index (χ2n) is 12.5. The molecular formula is C46H33NO. The van der Waals surface area contributed by atoms with Crippen LogP contribution in [0, 0.1) is 0 Å². The third-order valence-corrected chi connectivity index (χ3v) is 9.63. The van der Waals surface area contributed by atoms with Crippen LogP contribution < -0.4 is 4.90 Å². The van der Waals surface area contributed by atoms with Crippen molar-refractivity contribution in [1.29, 1.82) is 0 Å². The first kappa shape index (κ1) is 28.1. The summed E-state index contributed by atoms with van der Waals surface area (Å²) in [7, 11) is 0. The third-order valence-electron chi connectivity index (χ3n) is 9.63. The van der Waals surface area contributed by atoms with Gasteiger partial charge in [-0.05, 0) is 75.2 Å². The van der Waals surface area contributed by atoms with E-state index in [1.807, 2.05) is 0 Å². The van der Waals surface area contributed by atoms with Crippen molar-refractivity contribution in [3.05, 3.63) is 187 Å². The van der Waals surface area contributed by atoms with Crippen LogP contribution >= 0.6 is 0 Å². The van der Waals surface area contributed by atoms with Crippen molar-refractivity contribution in [2.45, 2.75) is 12.5 Å². The van der Waals surface area contributed by atoms with Crippen LogP contribution in [0.25, 0.3) is 61.2 Å². The van der Waals surface area contributed by atoms with E-state index < -0.39 is 0 Å². The van der Waals surface area contributed by atoms with Gasteiger partial charge in [0.2, 0.25) is 0 Å². The zero-order valence-electron chi connectivity index (χ0n) is 26.5. The Morgan fingerprint density at radius 3 is 1.50 bits per heavy atom. The van der Waals surface area contributed by atoms with Crippen LogP contribution in [0.1, 0.15) is 11.3 Å². The van der Waals surface area contributed by atoms with Gasteiger partial charge in [0.1, 0.15) is 11.3 Å². The monoisotopic (exact) mass is 615 g/mol.